The molecule has 0 radical (unpaired) electrons. The van der Waals surface area contributed by atoms with E-state index in [0.717, 1.165) is 22.5 Å². The highest BCUT2D eigenvalue weighted by Gasteiger charge is 2.14. The van der Waals surface area contributed by atoms with Gasteiger partial charge in [-0.15, -0.1) is 0 Å². The third-order valence-electron chi connectivity index (χ3n) is 4.92. The zero-order valence-electron chi connectivity index (χ0n) is 16.8. The molecule has 0 aliphatic rings. The van der Waals surface area contributed by atoms with Crippen LogP contribution in [-0.4, -0.2) is 30.2 Å². The lowest BCUT2D eigenvalue weighted by Gasteiger charge is -2.27. The second-order valence-corrected chi connectivity index (χ2v) is 7.05. The molecule has 29 heavy (non-hydrogen) atoms. The molecule has 0 aliphatic heterocycles. The van der Waals surface area contributed by atoms with Crippen molar-refractivity contribution in [3.63, 3.8) is 0 Å². The summed E-state index contributed by atoms with van der Waals surface area (Å²) in [6, 6.07) is 27.8. The van der Waals surface area contributed by atoms with Crippen molar-refractivity contribution >= 4 is 17.3 Å². The average molecular weight is 389 g/mol. The first-order valence-corrected chi connectivity index (χ1v) is 10.1. The summed E-state index contributed by atoms with van der Waals surface area (Å²) >= 11 is 0. The lowest BCUT2D eigenvalue weighted by molar-refractivity contribution is -0.116. The highest BCUT2D eigenvalue weighted by molar-refractivity contribution is 5.95. The smallest absolute Gasteiger partial charge is 0.226 e. The Bertz CT molecular complexity index is 897. The molecule has 1 amide bonds. The lowest BCUT2D eigenvalue weighted by atomic mass is 10.0. The van der Waals surface area contributed by atoms with Crippen LogP contribution in [0.15, 0.2) is 84.9 Å². The third-order valence-corrected chi connectivity index (χ3v) is 4.92. The lowest BCUT2D eigenvalue weighted by Crippen LogP contribution is -2.34. The van der Waals surface area contributed by atoms with Gasteiger partial charge in [0.2, 0.25) is 5.91 Å². The van der Waals surface area contributed by atoms with Crippen molar-refractivity contribution in [2.45, 2.75) is 25.9 Å². The standard InChI is InChI=1S/C25H28N2O2/c1-2-22(28)19-27(21-13-7-4-8-14-21)18-17-25(29)26-24-16-10-9-15-23(24)20-11-5-3-6-12-20/h3-16,22,28H,2,17-19H2,1H3,(H,26,29). The van der Waals surface area contributed by atoms with Gasteiger partial charge in [-0.3, -0.25) is 4.79 Å². The minimum Gasteiger partial charge on any atom is -0.391 e. The maximum atomic E-state index is 12.7. The van der Waals surface area contributed by atoms with Crippen LogP contribution >= 0.6 is 0 Å². The summed E-state index contributed by atoms with van der Waals surface area (Å²) < 4.78 is 0. The molecule has 3 aromatic carbocycles. The van der Waals surface area contributed by atoms with Crippen LogP contribution < -0.4 is 10.2 Å². The number of nitrogens with one attached hydrogen (secondary N) is 1. The third kappa shape index (κ3) is 5.93. The molecule has 1 unspecified atom stereocenters. The minimum atomic E-state index is -0.419. The minimum absolute atomic E-state index is 0.0414. The van der Waals surface area contributed by atoms with E-state index in [0.29, 0.717) is 25.9 Å². The fourth-order valence-electron chi connectivity index (χ4n) is 3.26. The van der Waals surface area contributed by atoms with E-state index < -0.39 is 6.10 Å². The van der Waals surface area contributed by atoms with Gasteiger partial charge in [0, 0.05) is 36.4 Å². The maximum absolute atomic E-state index is 12.7. The van der Waals surface area contributed by atoms with Crippen molar-refractivity contribution in [3.8, 4) is 11.1 Å². The first-order valence-electron chi connectivity index (χ1n) is 10.1. The average Bonchev–Trinajstić information content (AvgIpc) is 2.78. The van der Waals surface area contributed by atoms with E-state index in [1.54, 1.807) is 0 Å². The first kappa shape index (κ1) is 20.6. The molecule has 0 fully saturated rings. The number of rotatable bonds is 9. The normalized spacial score (nSPS) is 11.7. The van der Waals surface area contributed by atoms with Crippen LogP contribution in [0.3, 0.4) is 0 Å². The number of carbonyl (C=O) groups is 1. The molecule has 0 spiro atoms. The molecule has 4 nitrogen and oxygen atoms in total. The number of aliphatic hydroxyl groups is 1. The molecule has 0 saturated heterocycles. The van der Waals surface area contributed by atoms with E-state index in [9.17, 15) is 9.90 Å². The number of aliphatic hydroxyl groups excluding tert-OH is 1. The molecule has 0 heterocycles. The topological polar surface area (TPSA) is 52.6 Å². The van der Waals surface area contributed by atoms with Gasteiger partial charge in [-0.05, 0) is 30.2 Å². The molecule has 150 valence electrons. The van der Waals surface area contributed by atoms with E-state index in [1.165, 1.54) is 0 Å². The number of para-hydroxylation sites is 2. The number of anilines is 2. The fourth-order valence-corrected chi connectivity index (χ4v) is 3.26. The summed E-state index contributed by atoms with van der Waals surface area (Å²) in [4.78, 5) is 14.8. The molecule has 0 aromatic heterocycles. The molecule has 0 bridgehead atoms. The van der Waals surface area contributed by atoms with Gasteiger partial charge < -0.3 is 15.3 Å². The van der Waals surface area contributed by atoms with Gasteiger partial charge in [0.15, 0.2) is 0 Å². The predicted octanol–water partition coefficient (Wildman–Crippen LogP) is 4.96. The van der Waals surface area contributed by atoms with Crippen LogP contribution in [-0.2, 0) is 4.79 Å². The van der Waals surface area contributed by atoms with E-state index >= 15 is 0 Å². The summed E-state index contributed by atoms with van der Waals surface area (Å²) in [7, 11) is 0. The maximum Gasteiger partial charge on any atom is 0.226 e. The molecule has 4 heteroatoms. The summed E-state index contributed by atoms with van der Waals surface area (Å²) in [5.74, 6) is -0.0414. The highest BCUT2D eigenvalue weighted by atomic mass is 16.3. The zero-order chi connectivity index (χ0) is 20.5. The van der Waals surface area contributed by atoms with E-state index in [1.807, 2.05) is 91.9 Å². The largest absolute Gasteiger partial charge is 0.391 e. The van der Waals surface area contributed by atoms with Crippen molar-refractivity contribution in [1.29, 1.82) is 0 Å². The summed E-state index contributed by atoms with van der Waals surface area (Å²) in [6.07, 6.45) is 0.603. The van der Waals surface area contributed by atoms with Gasteiger partial charge >= 0.3 is 0 Å². The van der Waals surface area contributed by atoms with Crippen molar-refractivity contribution in [1.82, 2.24) is 0 Å². The fraction of sp³-hybridized carbons (Fsp3) is 0.240. The Balaban J connectivity index is 1.67. The van der Waals surface area contributed by atoms with Crippen LogP contribution in [0.25, 0.3) is 11.1 Å². The van der Waals surface area contributed by atoms with E-state index in [4.69, 9.17) is 0 Å². The van der Waals surface area contributed by atoms with Gasteiger partial charge in [-0.2, -0.15) is 0 Å². The van der Waals surface area contributed by atoms with Crippen molar-refractivity contribution < 1.29 is 9.90 Å². The zero-order valence-corrected chi connectivity index (χ0v) is 16.8. The van der Waals surface area contributed by atoms with Crippen molar-refractivity contribution in [2.75, 3.05) is 23.3 Å². The monoisotopic (exact) mass is 388 g/mol. The molecule has 3 rings (SSSR count). The predicted molar refractivity (Wildman–Crippen MR) is 120 cm³/mol. The van der Waals surface area contributed by atoms with Gasteiger partial charge in [-0.1, -0.05) is 73.7 Å². The summed E-state index contributed by atoms with van der Waals surface area (Å²) in [6.45, 7) is 3.01. The van der Waals surface area contributed by atoms with Crippen molar-refractivity contribution in [2.24, 2.45) is 0 Å². The Kier molecular flexibility index (Phi) is 7.42. The molecular formula is C25H28N2O2. The Morgan fingerprint density at radius 3 is 2.24 bits per heavy atom. The first-order chi connectivity index (χ1) is 14.2. The number of benzene rings is 3. The molecule has 2 N–H and O–H groups in total. The number of hydrogen-bond donors (Lipinski definition) is 2. The van der Waals surface area contributed by atoms with Crippen LogP contribution in [0.2, 0.25) is 0 Å². The Morgan fingerprint density at radius 2 is 1.55 bits per heavy atom. The van der Waals surface area contributed by atoms with Crippen LogP contribution in [0.4, 0.5) is 11.4 Å². The van der Waals surface area contributed by atoms with Crippen LogP contribution in [0, 0.1) is 0 Å². The van der Waals surface area contributed by atoms with Gasteiger partial charge in [-0.25, -0.2) is 0 Å². The molecule has 1 atom stereocenters. The quantitative estimate of drug-likeness (QED) is 0.545. The Labute approximate surface area is 172 Å². The second-order valence-electron chi connectivity index (χ2n) is 7.05. The summed E-state index contributed by atoms with van der Waals surface area (Å²) in [5, 5.41) is 13.2. The number of carbonyl (C=O) groups excluding carboxylic acids is 1. The van der Waals surface area contributed by atoms with E-state index in [2.05, 4.69) is 10.2 Å². The molecular weight excluding hydrogens is 360 g/mol. The molecule has 0 aliphatic carbocycles. The molecule has 3 aromatic rings. The van der Waals surface area contributed by atoms with Crippen molar-refractivity contribution in [3.05, 3.63) is 84.9 Å². The summed E-state index contributed by atoms with van der Waals surface area (Å²) in [5.41, 5.74) is 3.89. The molecule has 0 saturated carbocycles. The van der Waals surface area contributed by atoms with Crippen LogP contribution in [0.5, 0.6) is 0 Å². The van der Waals surface area contributed by atoms with Crippen LogP contribution in [0.1, 0.15) is 19.8 Å². The van der Waals surface area contributed by atoms with E-state index in [-0.39, 0.29) is 5.91 Å². The highest BCUT2D eigenvalue weighted by Crippen LogP contribution is 2.27. The number of hydrogen-bond acceptors (Lipinski definition) is 3. The number of nitrogens with zero attached hydrogens (tertiary/aromatic N) is 1. The Hall–Kier alpha value is -3.11. The SMILES string of the molecule is CCC(O)CN(CCC(=O)Nc1ccccc1-c1ccccc1)c1ccccc1. The van der Waals surface area contributed by atoms with Gasteiger partial charge in [0.25, 0.3) is 0 Å². The Morgan fingerprint density at radius 1 is 0.931 bits per heavy atom. The second kappa shape index (κ2) is 10.4. The van der Waals surface area contributed by atoms with Gasteiger partial charge in [0.05, 0.1) is 6.10 Å². The van der Waals surface area contributed by atoms with Gasteiger partial charge in [0.1, 0.15) is 0 Å². The number of amides is 1.